The van der Waals surface area contributed by atoms with Crippen LogP contribution in [0, 0.1) is 12.3 Å². The average Bonchev–Trinajstić information content (AvgIpc) is 2.34. The number of hydrogen-bond acceptors (Lipinski definition) is 6. The Kier molecular flexibility index (Phi) is 12.8. The fourth-order valence-electron chi connectivity index (χ4n) is 0.935. The predicted molar refractivity (Wildman–Crippen MR) is 62.4 cm³/mol. The summed E-state index contributed by atoms with van der Waals surface area (Å²) in [5.41, 5.74) is 0. The first-order chi connectivity index (χ1) is 8.31. The minimum atomic E-state index is -0.751. The first-order valence-corrected chi connectivity index (χ1v) is 5.50. The molecule has 1 unspecified atom stereocenters. The lowest BCUT2D eigenvalue weighted by Crippen LogP contribution is -2.33. The highest BCUT2D eigenvalue weighted by atomic mass is 16.5. The van der Waals surface area contributed by atoms with Gasteiger partial charge in [-0.15, -0.1) is 6.42 Å². The lowest BCUT2D eigenvalue weighted by atomic mass is 10.5. The number of nitrogens with one attached hydrogen (secondary N) is 1. The maximum Gasteiger partial charge on any atom is 0.129 e. The quantitative estimate of drug-likeness (QED) is 0.223. The van der Waals surface area contributed by atoms with Gasteiger partial charge in [0, 0.05) is 0 Å². The molecule has 0 aromatic carbocycles. The molecule has 0 spiro atoms. The second-order valence-corrected chi connectivity index (χ2v) is 3.12. The average molecular weight is 247 g/mol. The van der Waals surface area contributed by atoms with Crippen molar-refractivity contribution in [1.29, 1.82) is 0 Å². The number of aliphatic hydroxyl groups excluding tert-OH is 2. The molecule has 0 fully saturated rings. The predicted octanol–water partition coefficient (Wildman–Crippen LogP) is -1.43. The van der Waals surface area contributed by atoms with Gasteiger partial charge in [-0.1, -0.05) is 5.92 Å². The van der Waals surface area contributed by atoms with Crippen molar-refractivity contribution in [2.75, 3.05) is 52.8 Å². The summed E-state index contributed by atoms with van der Waals surface area (Å²) in [6.07, 6.45) is 4.26. The van der Waals surface area contributed by atoms with Crippen molar-refractivity contribution in [2.24, 2.45) is 0 Å². The second-order valence-electron chi connectivity index (χ2n) is 3.12. The van der Waals surface area contributed by atoms with Gasteiger partial charge in [0.15, 0.2) is 0 Å². The Balaban J connectivity index is 3.05. The summed E-state index contributed by atoms with van der Waals surface area (Å²) >= 11 is 0. The molecule has 6 heteroatoms. The Labute approximate surface area is 102 Å². The minimum absolute atomic E-state index is 0.0195. The number of hydrogen-bond donors (Lipinski definition) is 3. The van der Waals surface area contributed by atoms with Gasteiger partial charge in [0.05, 0.1) is 52.8 Å². The number of rotatable bonds is 12. The van der Waals surface area contributed by atoms with Crippen LogP contribution in [0.4, 0.5) is 0 Å². The smallest absolute Gasteiger partial charge is 0.129 e. The third kappa shape index (κ3) is 13.3. The molecule has 0 radical (unpaired) electrons. The van der Waals surface area contributed by atoms with Gasteiger partial charge in [-0.05, 0) is 0 Å². The van der Waals surface area contributed by atoms with Gasteiger partial charge in [-0.2, -0.15) is 0 Å². The molecular formula is C11H21NO5. The van der Waals surface area contributed by atoms with E-state index in [1.807, 2.05) is 0 Å². The maximum absolute atomic E-state index is 9.26. The lowest BCUT2D eigenvalue weighted by Gasteiger charge is -2.11. The van der Waals surface area contributed by atoms with E-state index in [1.165, 1.54) is 0 Å². The van der Waals surface area contributed by atoms with Crippen molar-refractivity contribution in [2.45, 2.75) is 6.23 Å². The first kappa shape index (κ1) is 16.3. The fraction of sp³-hybridized carbons (Fsp3) is 0.818. The molecule has 100 valence electrons. The van der Waals surface area contributed by atoms with Crippen molar-refractivity contribution in [1.82, 2.24) is 5.32 Å². The van der Waals surface area contributed by atoms with Crippen LogP contribution in [-0.2, 0) is 14.2 Å². The third-order valence-electron chi connectivity index (χ3n) is 1.70. The molecular weight excluding hydrogens is 226 g/mol. The molecule has 0 aliphatic carbocycles. The van der Waals surface area contributed by atoms with Gasteiger partial charge >= 0.3 is 0 Å². The van der Waals surface area contributed by atoms with E-state index >= 15 is 0 Å². The van der Waals surface area contributed by atoms with Gasteiger partial charge in [0.1, 0.15) is 6.23 Å². The minimum Gasteiger partial charge on any atom is -0.394 e. The van der Waals surface area contributed by atoms with E-state index in [9.17, 15) is 5.11 Å². The van der Waals surface area contributed by atoms with E-state index in [4.69, 9.17) is 25.7 Å². The van der Waals surface area contributed by atoms with E-state index in [0.29, 0.717) is 39.6 Å². The molecule has 0 aromatic heterocycles. The van der Waals surface area contributed by atoms with E-state index in [2.05, 4.69) is 11.2 Å². The van der Waals surface area contributed by atoms with Crippen LogP contribution >= 0.6 is 0 Å². The Bertz CT molecular complexity index is 195. The van der Waals surface area contributed by atoms with Crippen molar-refractivity contribution in [3.05, 3.63) is 0 Å². The zero-order chi connectivity index (χ0) is 12.8. The van der Waals surface area contributed by atoms with Gasteiger partial charge in [0.25, 0.3) is 0 Å². The van der Waals surface area contributed by atoms with E-state index in [0.717, 1.165) is 0 Å². The van der Waals surface area contributed by atoms with E-state index in [1.54, 1.807) is 0 Å². The highest BCUT2D eigenvalue weighted by Crippen LogP contribution is 1.83. The highest BCUT2D eigenvalue weighted by molar-refractivity contribution is 4.86. The summed E-state index contributed by atoms with van der Waals surface area (Å²) in [6.45, 7) is 2.57. The molecule has 0 aromatic rings. The van der Waals surface area contributed by atoms with E-state index in [-0.39, 0.29) is 13.2 Å². The molecule has 0 saturated heterocycles. The SMILES string of the molecule is C#CCNC(O)COCCOCCOCCO. The maximum atomic E-state index is 9.26. The van der Waals surface area contributed by atoms with Crippen LogP contribution in [0.3, 0.4) is 0 Å². The molecule has 0 heterocycles. The topological polar surface area (TPSA) is 80.2 Å². The van der Waals surface area contributed by atoms with Crippen LogP contribution in [-0.4, -0.2) is 69.2 Å². The van der Waals surface area contributed by atoms with Crippen molar-refractivity contribution in [3.63, 3.8) is 0 Å². The molecule has 6 nitrogen and oxygen atoms in total. The van der Waals surface area contributed by atoms with Gasteiger partial charge in [0.2, 0.25) is 0 Å². The molecule has 0 amide bonds. The summed E-state index contributed by atoms with van der Waals surface area (Å²) < 4.78 is 15.3. The molecule has 1 atom stereocenters. The van der Waals surface area contributed by atoms with E-state index < -0.39 is 6.23 Å². The zero-order valence-corrected chi connectivity index (χ0v) is 9.93. The molecule has 0 saturated carbocycles. The molecule has 3 N–H and O–H groups in total. The first-order valence-electron chi connectivity index (χ1n) is 5.50. The molecule has 0 aliphatic heterocycles. The highest BCUT2D eigenvalue weighted by Gasteiger charge is 2.00. The van der Waals surface area contributed by atoms with Crippen molar-refractivity contribution >= 4 is 0 Å². The number of ether oxygens (including phenoxy) is 3. The molecule has 17 heavy (non-hydrogen) atoms. The van der Waals surface area contributed by atoms with Crippen LogP contribution in [0.2, 0.25) is 0 Å². The molecule has 0 bridgehead atoms. The monoisotopic (exact) mass is 247 g/mol. The Morgan fingerprint density at radius 3 is 2.24 bits per heavy atom. The Morgan fingerprint density at radius 2 is 1.65 bits per heavy atom. The van der Waals surface area contributed by atoms with Crippen LogP contribution < -0.4 is 5.32 Å². The van der Waals surface area contributed by atoms with Gasteiger partial charge in [-0.3, -0.25) is 5.32 Å². The summed E-state index contributed by atoms with van der Waals surface area (Å²) in [4.78, 5) is 0. The number of aliphatic hydroxyl groups is 2. The Hall–Kier alpha value is -0.680. The summed E-state index contributed by atoms with van der Waals surface area (Å²) in [6, 6.07) is 0. The van der Waals surface area contributed by atoms with Crippen LogP contribution in [0.5, 0.6) is 0 Å². The molecule has 0 rings (SSSR count). The van der Waals surface area contributed by atoms with Crippen molar-refractivity contribution < 1.29 is 24.4 Å². The lowest BCUT2D eigenvalue weighted by molar-refractivity contribution is -0.0187. The zero-order valence-electron chi connectivity index (χ0n) is 9.93. The molecule has 0 aliphatic rings. The largest absolute Gasteiger partial charge is 0.394 e. The Morgan fingerprint density at radius 1 is 1.06 bits per heavy atom. The summed E-state index contributed by atoms with van der Waals surface area (Å²) in [5, 5.41) is 20.4. The van der Waals surface area contributed by atoms with Crippen LogP contribution in [0.1, 0.15) is 0 Å². The van der Waals surface area contributed by atoms with Crippen molar-refractivity contribution in [3.8, 4) is 12.3 Å². The van der Waals surface area contributed by atoms with Crippen LogP contribution in [0.15, 0.2) is 0 Å². The standard InChI is InChI=1S/C11H21NO5/c1-2-3-12-11(14)10-17-9-8-16-7-6-15-5-4-13/h1,11-14H,3-10H2. The normalized spacial score (nSPS) is 12.3. The third-order valence-corrected chi connectivity index (χ3v) is 1.70. The van der Waals surface area contributed by atoms with Gasteiger partial charge in [-0.25, -0.2) is 0 Å². The fourth-order valence-corrected chi connectivity index (χ4v) is 0.935. The van der Waals surface area contributed by atoms with Gasteiger partial charge < -0.3 is 24.4 Å². The summed E-state index contributed by atoms with van der Waals surface area (Å²) in [7, 11) is 0. The number of terminal acetylenes is 1. The van der Waals surface area contributed by atoms with Crippen LogP contribution in [0.25, 0.3) is 0 Å². The second kappa shape index (κ2) is 13.4. The summed E-state index contributed by atoms with van der Waals surface area (Å²) in [5.74, 6) is 2.35.